The zero-order valence-electron chi connectivity index (χ0n) is 7.60. The number of rotatable bonds is 3. The second-order valence-corrected chi connectivity index (χ2v) is 3.88. The molecule has 0 saturated heterocycles. The Morgan fingerprint density at radius 2 is 2.36 bits per heavy atom. The standard InChI is InChI=1S/C10H11N3S/c11-8-2-1-3-9(6-8)13-7-10-12-4-5-14-10/h1-6,13H,7,11H2. The van der Waals surface area contributed by atoms with Crippen LogP contribution in [0.25, 0.3) is 0 Å². The molecule has 2 rings (SSSR count). The molecular weight excluding hydrogens is 194 g/mol. The number of anilines is 2. The molecule has 0 amide bonds. The van der Waals surface area contributed by atoms with Crippen LogP contribution in [0.1, 0.15) is 5.01 Å². The molecule has 1 aromatic heterocycles. The third-order valence-corrected chi connectivity index (χ3v) is 2.59. The minimum atomic E-state index is 0.751. The lowest BCUT2D eigenvalue weighted by atomic mass is 10.3. The SMILES string of the molecule is Nc1cccc(NCc2nccs2)c1. The second-order valence-electron chi connectivity index (χ2n) is 2.90. The van der Waals surface area contributed by atoms with E-state index in [4.69, 9.17) is 5.73 Å². The van der Waals surface area contributed by atoms with Crippen molar-refractivity contribution in [3.8, 4) is 0 Å². The fourth-order valence-corrected chi connectivity index (χ4v) is 1.72. The summed E-state index contributed by atoms with van der Waals surface area (Å²) in [4.78, 5) is 4.18. The van der Waals surface area contributed by atoms with E-state index in [9.17, 15) is 0 Å². The molecule has 0 radical (unpaired) electrons. The second kappa shape index (κ2) is 4.11. The Kier molecular flexibility index (Phi) is 2.65. The highest BCUT2D eigenvalue weighted by atomic mass is 32.1. The highest BCUT2D eigenvalue weighted by Gasteiger charge is 1.95. The molecule has 0 aliphatic heterocycles. The van der Waals surface area contributed by atoms with Crippen LogP contribution in [0.3, 0.4) is 0 Å². The van der Waals surface area contributed by atoms with Crippen molar-refractivity contribution in [3.05, 3.63) is 40.8 Å². The van der Waals surface area contributed by atoms with E-state index in [0.29, 0.717) is 0 Å². The van der Waals surface area contributed by atoms with Crippen molar-refractivity contribution in [2.24, 2.45) is 0 Å². The van der Waals surface area contributed by atoms with Crippen LogP contribution < -0.4 is 11.1 Å². The zero-order valence-corrected chi connectivity index (χ0v) is 8.42. The number of nitrogens with zero attached hydrogens (tertiary/aromatic N) is 1. The van der Waals surface area contributed by atoms with E-state index >= 15 is 0 Å². The lowest BCUT2D eigenvalue weighted by Crippen LogP contribution is -1.99. The molecule has 0 aliphatic carbocycles. The molecule has 3 nitrogen and oxygen atoms in total. The minimum absolute atomic E-state index is 0.751. The van der Waals surface area contributed by atoms with Crippen molar-refractivity contribution in [1.82, 2.24) is 4.98 Å². The van der Waals surface area contributed by atoms with Crippen molar-refractivity contribution in [2.75, 3.05) is 11.1 Å². The number of hydrogen-bond donors (Lipinski definition) is 2. The van der Waals surface area contributed by atoms with Gasteiger partial charge in [-0.2, -0.15) is 0 Å². The maximum absolute atomic E-state index is 5.65. The summed E-state index contributed by atoms with van der Waals surface area (Å²) in [6, 6.07) is 7.70. The first-order valence-electron chi connectivity index (χ1n) is 4.32. The summed E-state index contributed by atoms with van der Waals surface area (Å²) in [5.41, 5.74) is 7.45. The average molecular weight is 205 g/mol. The number of nitrogen functional groups attached to an aromatic ring is 1. The van der Waals surface area contributed by atoms with Gasteiger partial charge in [0.1, 0.15) is 5.01 Å². The third-order valence-electron chi connectivity index (χ3n) is 1.81. The van der Waals surface area contributed by atoms with Crippen molar-refractivity contribution in [3.63, 3.8) is 0 Å². The van der Waals surface area contributed by atoms with E-state index in [1.54, 1.807) is 17.5 Å². The van der Waals surface area contributed by atoms with E-state index in [1.165, 1.54) is 0 Å². The molecule has 3 N–H and O–H groups in total. The first-order valence-corrected chi connectivity index (χ1v) is 5.20. The van der Waals surface area contributed by atoms with Crippen LogP contribution in [0.15, 0.2) is 35.8 Å². The highest BCUT2D eigenvalue weighted by molar-refractivity contribution is 7.09. The Bertz CT molecular complexity index is 398. The molecular formula is C10H11N3S. The largest absolute Gasteiger partial charge is 0.399 e. The molecule has 1 aromatic carbocycles. The normalized spacial score (nSPS) is 10.0. The van der Waals surface area contributed by atoms with Gasteiger partial charge in [-0.25, -0.2) is 4.98 Å². The summed E-state index contributed by atoms with van der Waals surface area (Å²) in [5.74, 6) is 0. The average Bonchev–Trinajstić information content (AvgIpc) is 2.67. The molecule has 0 bridgehead atoms. The van der Waals surface area contributed by atoms with Gasteiger partial charge in [0.25, 0.3) is 0 Å². The third kappa shape index (κ3) is 2.23. The van der Waals surface area contributed by atoms with Crippen LogP contribution in [0.4, 0.5) is 11.4 Å². The van der Waals surface area contributed by atoms with Crippen molar-refractivity contribution < 1.29 is 0 Å². The summed E-state index contributed by atoms with van der Waals surface area (Å²) >= 11 is 1.64. The Labute approximate surface area is 86.6 Å². The van der Waals surface area contributed by atoms with Crippen LogP contribution in [-0.2, 0) is 6.54 Å². The molecule has 72 valence electrons. The number of nitrogens with two attached hydrogens (primary N) is 1. The number of nitrogens with one attached hydrogen (secondary N) is 1. The van der Waals surface area contributed by atoms with Crippen LogP contribution in [0.2, 0.25) is 0 Å². The van der Waals surface area contributed by atoms with Gasteiger partial charge in [-0.3, -0.25) is 0 Å². The van der Waals surface area contributed by atoms with Gasteiger partial charge in [0.05, 0.1) is 6.54 Å². The van der Waals surface area contributed by atoms with E-state index in [2.05, 4.69) is 10.3 Å². The summed E-state index contributed by atoms with van der Waals surface area (Å²) in [6.45, 7) is 0.751. The van der Waals surface area contributed by atoms with Gasteiger partial charge in [-0.05, 0) is 18.2 Å². The van der Waals surface area contributed by atoms with E-state index in [1.807, 2.05) is 29.6 Å². The van der Waals surface area contributed by atoms with Gasteiger partial charge in [-0.1, -0.05) is 6.07 Å². The van der Waals surface area contributed by atoms with E-state index in [-0.39, 0.29) is 0 Å². The first-order chi connectivity index (χ1) is 6.84. The summed E-state index contributed by atoms with van der Waals surface area (Å²) in [5, 5.41) is 6.30. The van der Waals surface area contributed by atoms with Crippen molar-refractivity contribution in [2.45, 2.75) is 6.54 Å². The summed E-state index contributed by atoms with van der Waals surface area (Å²) < 4.78 is 0. The maximum atomic E-state index is 5.65. The fraction of sp³-hybridized carbons (Fsp3) is 0.100. The summed E-state index contributed by atoms with van der Waals surface area (Å²) in [6.07, 6.45) is 1.81. The van der Waals surface area contributed by atoms with Crippen LogP contribution in [0.5, 0.6) is 0 Å². The molecule has 0 spiro atoms. The lowest BCUT2D eigenvalue weighted by Gasteiger charge is -2.04. The maximum Gasteiger partial charge on any atom is 0.112 e. The Balaban J connectivity index is 1.98. The number of thiazole rings is 1. The predicted molar refractivity (Wildman–Crippen MR) is 60.3 cm³/mol. The van der Waals surface area contributed by atoms with E-state index < -0.39 is 0 Å². The fourth-order valence-electron chi connectivity index (χ4n) is 1.17. The van der Waals surface area contributed by atoms with Crippen molar-refractivity contribution in [1.29, 1.82) is 0 Å². The smallest absolute Gasteiger partial charge is 0.112 e. The molecule has 4 heteroatoms. The monoisotopic (exact) mass is 205 g/mol. The highest BCUT2D eigenvalue weighted by Crippen LogP contribution is 2.13. The lowest BCUT2D eigenvalue weighted by molar-refractivity contribution is 1.10. The number of aromatic nitrogens is 1. The Morgan fingerprint density at radius 1 is 1.43 bits per heavy atom. The van der Waals surface area contributed by atoms with Crippen LogP contribution >= 0.6 is 11.3 Å². The molecule has 14 heavy (non-hydrogen) atoms. The predicted octanol–water partition coefficient (Wildman–Crippen LogP) is 2.34. The number of hydrogen-bond acceptors (Lipinski definition) is 4. The van der Waals surface area contributed by atoms with Gasteiger partial charge in [0.15, 0.2) is 0 Å². The van der Waals surface area contributed by atoms with Gasteiger partial charge < -0.3 is 11.1 Å². The van der Waals surface area contributed by atoms with Crippen molar-refractivity contribution >= 4 is 22.7 Å². The molecule has 1 heterocycles. The first kappa shape index (κ1) is 9.02. The summed E-state index contributed by atoms with van der Waals surface area (Å²) in [7, 11) is 0. The number of benzene rings is 1. The van der Waals surface area contributed by atoms with Gasteiger partial charge in [0.2, 0.25) is 0 Å². The van der Waals surface area contributed by atoms with Gasteiger partial charge >= 0.3 is 0 Å². The Hall–Kier alpha value is -1.55. The van der Waals surface area contributed by atoms with Crippen LogP contribution in [0, 0.1) is 0 Å². The van der Waals surface area contributed by atoms with E-state index in [0.717, 1.165) is 22.9 Å². The quantitative estimate of drug-likeness (QED) is 0.756. The van der Waals surface area contributed by atoms with Gasteiger partial charge in [-0.15, -0.1) is 11.3 Å². The molecule has 0 unspecified atom stereocenters. The topological polar surface area (TPSA) is 50.9 Å². The minimum Gasteiger partial charge on any atom is -0.399 e. The Morgan fingerprint density at radius 3 is 3.07 bits per heavy atom. The molecule has 0 fully saturated rings. The van der Waals surface area contributed by atoms with Gasteiger partial charge in [0, 0.05) is 23.0 Å². The molecule has 0 atom stereocenters. The molecule has 0 aliphatic rings. The molecule has 2 aromatic rings. The zero-order chi connectivity index (χ0) is 9.80. The molecule has 0 saturated carbocycles. The van der Waals surface area contributed by atoms with Crippen LogP contribution in [-0.4, -0.2) is 4.98 Å².